The summed E-state index contributed by atoms with van der Waals surface area (Å²) in [5, 5.41) is 17.4. The summed E-state index contributed by atoms with van der Waals surface area (Å²) in [7, 11) is 0.361. The molecule has 1 unspecified atom stereocenters. The molecule has 0 amide bonds. The Labute approximate surface area is 155 Å². The molecule has 0 fully saturated rings. The maximum Gasteiger partial charge on any atom is 3.00 e. The van der Waals surface area contributed by atoms with Gasteiger partial charge >= 0.3 is 20.1 Å². The van der Waals surface area contributed by atoms with Gasteiger partial charge in [-0.1, -0.05) is 6.04 Å². The molecule has 0 radical (unpaired) electrons. The van der Waals surface area contributed by atoms with Crippen LogP contribution in [0.25, 0.3) is 5.73 Å². The summed E-state index contributed by atoms with van der Waals surface area (Å²) in [4.78, 5) is 9.47. The first kappa shape index (κ1) is 38.3. The van der Waals surface area contributed by atoms with Crippen LogP contribution >= 0.6 is 23.8 Å². The summed E-state index contributed by atoms with van der Waals surface area (Å²) in [6, 6.07) is -1.49. The van der Waals surface area contributed by atoms with Gasteiger partial charge in [-0.3, -0.25) is 0 Å². The second kappa shape index (κ2) is 29.6. The number of carboxylic acids is 1. The van der Waals surface area contributed by atoms with Gasteiger partial charge in [0.05, 0.1) is 0 Å². The summed E-state index contributed by atoms with van der Waals surface area (Å²) >= 11 is 0. The van der Waals surface area contributed by atoms with Crippen LogP contribution in [0.4, 0.5) is 0 Å². The number of hydrogen-bond donors (Lipinski definition) is 1. The Hall–Kier alpha value is 1.62. The van der Waals surface area contributed by atoms with E-state index in [2.05, 4.69) is 60.0 Å². The van der Waals surface area contributed by atoms with Gasteiger partial charge in [-0.05, 0) is 23.8 Å². The van der Waals surface area contributed by atoms with Crippen molar-refractivity contribution in [3.63, 3.8) is 0 Å². The van der Waals surface area contributed by atoms with Gasteiger partial charge in [0.25, 0.3) is 0 Å². The number of carbonyl (C=O) groups is 1. The third-order valence-corrected chi connectivity index (χ3v) is 0.467. The van der Waals surface area contributed by atoms with Crippen molar-refractivity contribution in [2.24, 2.45) is 0 Å². The SMILES string of the molecule is C[PH+](C)C.C[PH+](C)C.C[PH+](C)C.[Cl-].[Ir+3].[NH-]C(CO)C(=O)[O-]. The van der Waals surface area contributed by atoms with E-state index in [1.54, 1.807) is 0 Å². The van der Waals surface area contributed by atoms with Crippen LogP contribution in [0.3, 0.4) is 0 Å². The third kappa shape index (κ3) is 143. The first-order valence-electron chi connectivity index (χ1n) is 6.21. The van der Waals surface area contributed by atoms with Gasteiger partial charge in [0.1, 0.15) is 0 Å². The average molecular weight is 562 g/mol. The molecule has 0 aromatic rings. The Balaban J connectivity index is -0.0000000359. The molecule has 134 valence electrons. The number of rotatable bonds is 2. The Bertz CT molecular complexity index is 169. The fourth-order valence-corrected chi connectivity index (χ4v) is 0.0745. The van der Waals surface area contributed by atoms with Crippen molar-refractivity contribution in [2.75, 3.05) is 66.6 Å². The fraction of sp³-hybridized carbons (Fsp3) is 0.917. The summed E-state index contributed by atoms with van der Waals surface area (Å²) in [5.41, 5.74) is 6.36. The molecule has 0 heterocycles. The van der Waals surface area contributed by atoms with Crippen LogP contribution in [0.5, 0.6) is 0 Å². The van der Waals surface area contributed by atoms with Crippen LogP contribution in [0.2, 0.25) is 0 Å². The molecule has 0 aliphatic rings. The van der Waals surface area contributed by atoms with E-state index >= 15 is 0 Å². The van der Waals surface area contributed by atoms with E-state index in [1.165, 1.54) is 0 Å². The topological polar surface area (TPSA) is 84.2 Å². The van der Waals surface area contributed by atoms with Gasteiger partial charge < -0.3 is 33.1 Å². The van der Waals surface area contributed by atoms with Gasteiger partial charge in [-0.2, -0.15) is 0 Å². The molecule has 0 aromatic heterocycles. The molecule has 0 aliphatic heterocycles. The number of nitrogens with one attached hydrogen (secondary N) is 1. The van der Waals surface area contributed by atoms with Crippen molar-refractivity contribution < 1.29 is 47.5 Å². The summed E-state index contributed by atoms with van der Waals surface area (Å²) < 4.78 is 0. The largest absolute Gasteiger partial charge is 3.00 e. The van der Waals surface area contributed by atoms with E-state index in [9.17, 15) is 9.90 Å². The monoisotopic (exact) mass is 562 g/mol. The predicted molar refractivity (Wildman–Crippen MR) is 98.5 cm³/mol. The number of hydrogen-bond acceptors (Lipinski definition) is 3. The maximum absolute atomic E-state index is 9.47. The van der Waals surface area contributed by atoms with Crippen molar-refractivity contribution in [1.82, 2.24) is 0 Å². The van der Waals surface area contributed by atoms with E-state index in [-0.39, 0.29) is 56.3 Å². The Morgan fingerprint density at radius 2 is 1.10 bits per heavy atom. The molecular weight excluding hydrogens is 527 g/mol. The standard InChI is InChI=1S/C3H6NO3.3C3H9P.ClH.Ir/c4-2(1-5)3(6)7;3*1-4(2)3;;/h2,4-5H,1H2,(H,6,7);3*1-3H3;1H;/q-1;;;;;+3/p+1. The smallest absolute Gasteiger partial charge is 1.00 e. The first-order chi connectivity index (χ1) is 8.38. The van der Waals surface area contributed by atoms with Crippen LogP contribution in [0.1, 0.15) is 0 Å². The molecule has 2 N–H and O–H groups in total. The van der Waals surface area contributed by atoms with Gasteiger partial charge in [0, 0.05) is 72.6 Å². The van der Waals surface area contributed by atoms with Crippen molar-refractivity contribution >= 4 is 29.7 Å². The summed E-state index contributed by atoms with van der Waals surface area (Å²) in [6.45, 7) is 19.7. The quantitative estimate of drug-likeness (QED) is 0.413. The van der Waals surface area contributed by atoms with Crippen molar-refractivity contribution in [3.05, 3.63) is 5.73 Å². The summed E-state index contributed by atoms with van der Waals surface area (Å²) in [6.07, 6.45) is 0. The zero-order valence-corrected chi connectivity index (χ0v) is 20.9. The zero-order valence-electron chi connectivity index (χ0n) is 14.8. The molecule has 0 bridgehead atoms. The Morgan fingerprint density at radius 1 is 0.952 bits per heavy atom. The van der Waals surface area contributed by atoms with E-state index in [1.807, 2.05) is 0 Å². The minimum Gasteiger partial charge on any atom is -1.00 e. The van der Waals surface area contributed by atoms with E-state index in [0.29, 0.717) is 0 Å². The average Bonchev–Trinajstić information content (AvgIpc) is 2.13. The number of carbonyl (C=O) groups excluding carboxylic acids is 1. The van der Waals surface area contributed by atoms with Crippen LogP contribution in [0.15, 0.2) is 0 Å². The van der Waals surface area contributed by atoms with E-state index in [0.717, 1.165) is 0 Å². The molecular formula is C12H35ClIrNO3P3+3. The van der Waals surface area contributed by atoms with Crippen molar-refractivity contribution in [1.29, 1.82) is 0 Å². The molecule has 0 saturated heterocycles. The Kier molecular flexibility index (Phi) is 54.0. The minimum absolute atomic E-state index is 0. The van der Waals surface area contributed by atoms with Gasteiger partial charge in [0.2, 0.25) is 0 Å². The molecule has 0 rings (SSSR count). The molecule has 0 saturated carbocycles. The number of aliphatic hydroxyl groups excluding tert-OH is 1. The normalized spacial score (nSPS) is 9.62. The van der Waals surface area contributed by atoms with E-state index in [4.69, 9.17) is 10.8 Å². The summed E-state index contributed by atoms with van der Waals surface area (Å²) in [5.74, 6) is -1.54. The molecule has 0 spiro atoms. The minimum atomic E-state index is -1.54. The zero-order chi connectivity index (χ0) is 16.6. The van der Waals surface area contributed by atoms with Crippen LogP contribution < -0.4 is 17.5 Å². The third-order valence-electron chi connectivity index (χ3n) is 0.467. The van der Waals surface area contributed by atoms with Crippen LogP contribution in [-0.4, -0.2) is 83.7 Å². The van der Waals surface area contributed by atoms with E-state index < -0.39 is 18.6 Å². The van der Waals surface area contributed by atoms with Crippen molar-refractivity contribution in [3.8, 4) is 0 Å². The molecule has 0 aliphatic carbocycles. The van der Waals surface area contributed by atoms with Gasteiger partial charge in [-0.15, -0.1) is 0 Å². The molecule has 4 nitrogen and oxygen atoms in total. The van der Waals surface area contributed by atoms with Crippen LogP contribution in [0, 0.1) is 0 Å². The van der Waals surface area contributed by atoms with Gasteiger partial charge in [0.15, 0.2) is 0 Å². The number of halogens is 1. The molecule has 1 atom stereocenters. The number of carboxylic acid groups (broad SMARTS) is 1. The Morgan fingerprint density at radius 3 is 1.10 bits per heavy atom. The predicted octanol–water partition coefficient (Wildman–Crippen LogP) is -1.58. The van der Waals surface area contributed by atoms with Gasteiger partial charge in [-0.25, -0.2) is 0 Å². The maximum atomic E-state index is 9.47. The van der Waals surface area contributed by atoms with Crippen LogP contribution in [-0.2, 0) is 24.9 Å². The number of aliphatic hydroxyl groups is 1. The number of aliphatic carboxylic acids is 1. The molecule has 9 heteroatoms. The van der Waals surface area contributed by atoms with Crippen molar-refractivity contribution in [2.45, 2.75) is 6.04 Å². The second-order valence-corrected chi connectivity index (χ2v) is 14.6. The molecule has 0 aromatic carbocycles. The first-order valence-corrected chi connectivity index (χ1v) is 15.2. The molecule has 21 heavy (non-hydrogen) atoms. The fourth-order valence-electron chi connectivity index (χ4n) is 0.0745. The second-order valence-electron chi connectivity index (χ2n) is 5.55.